The molecular formula is C14H32N2O. The molecule has 0 aliphatic carbocycles. The summed E-state index contributed by atoms with van der Waals surface area (Å²) in [6.45, 7) is 14.5. The van der Waals surface area contributed by atoms with E-state index in [1.54, 1.807) is 0 Å². The Morgan fingerprint density at radius 2 is 1.71 bits per heavy atom. The molecule has 3 heteroatoms. The van der Waals surface area contributed by atoms with E-state index in [0.717, 1.165) is 13.0 Å². The third-order valence-electron chi connectivity index (χ3n) is 3.53. The first kappa shape index (κ1) is 16.9. The van der Waals surface area contributed by atoms with Gasteiger partial charge in [0.05, 0.1) is 6.61 Å². The first-order chi connectivity index (χ1) is 7.68. The summed E-state index contributed by atoms with van der Waals surface area (Å²) in [5.41, 5.74) is 0.301. The standard InChI is InChI=1S/C14H32N2O/c1-11(2)15-13(10-17)8-9-16(7)12(3)14(4,5)6/h11-13,15,17H,8-10H2,1-7H3. The summed E-state index contributed by atoms with van der Waals surface area (Å²) >= 11 is 0. The van der Waals surface area contributed by atoms with Crippen molar-refractivity contribution in [2.75, 3.05) is 20.2 Å². The maximum Gasteiger partial charge on any atom is 0.0585 e. The van der Waals surface area contributed by atoms with Crippen LogP contribution >= 0.6 is 0 Å². The van der Waals surface area contributed by atoms with Crippen LogP contribution in [0.3, 0.4) is 0 Å². The Kier molecular flexibility index (Phi) is 7.29. The maximum atomic E-state index is 9.31. The highest BCUT2D eigenvalue weighted by Crippen LogP contribution is 2.23. The van der Waals surface area contributed by atoms with Crippen molar-refractivity contribution in [2.45, 2.75) is 66.1 Å². The minimum Gasteiger partial charge on any atom is -0.395 e. The van der Waals surface area contributed by atoms with Gasteiger partial charge in [-0.15, -0.1) is 0 Å². The summed E-state index contributed by atoms with van der Waals surface area (Å²) in [5, 5.41) is 12.7. The average Bonchev–Trinajstić information content (AvgIpc) is 2.20. The Bertz CT molecular complexity index is 199. The van der Waals surface area contributed by atoms with Gasteiger partial charge >= 0.3 is 0 Å². The molecule has 0 aromatic rings. The van der Waals surface area contributed by atoms with Crippen molar-refractivity contribution in [3.63, 3.8) is 0 Å². The van der Waals surface area contributed by atoms with E-state index in [0.29, 0.717) is 17.5 Å². The SMILES string of the molecule is CC(C)NC(CO)CCN(C)C(C)C(C)(C)C. The van der Waals surface area contributed by atoms with Gasteiger partial charge in [-0.2, -0.15) is 0 Å². The zero-order valence-electron chi connectivity index (χ0n) is 12.7. The molecule has 0 amide bonds. The molecule has 0 aliphatic rings. The highest BCUT2D eigenvalue weighted by atomic mass is 16.3. The van der Waals surface area contributed by atoms with Gasteiger partial charge in [-0.05, 0) is 32.4 Å². The van der Waals surface area contributed by atoms with Gasteiger partial charge in [-0.3, -0.25) is 0 Å². The second kappa shape index (κ2) is 7.34. The minimum absolute atomic E-state index is 0.213. The summed E-state index contributed by atoms with van der Waals surface area (Å²) in [7, 11) is 2.17. The van der Waals surface area contributed by atoms with E-state index < -0.39 is 0 Å². The normalized spacial score (nSPS) is 16.6. The Balaban J connectivity index is 4.08. The van der Waals surface area contributed by atoms with E-state index in [-0.39, 0.29) is 12.6 Å². The molecule has 104 valence electrons. The lowest BCUT2D eigenvalue weighted by molar-refractivity contribution is 0.128. The zero-order valence-corrected chi connectivity index (χ0v) is 12.7. The third kappa shape index (κ3) is 7.02. The molecule has 0 saturated carbocycles. The summed E-state index contributed by atoms with van der Waals surface area (Å²) in [5.74, 6) is 0. The van der Waals surface area contributed by atoms with Crippen LogP contribution in [-0.4, -0.2) is 48.3 Å². The maximum absolute atomic E-state index is 9.31. The van der Waals surface area contributed by atoms with Crippen molar-refractivity contribution in [1.29, 1.82) is 0 Å². The van der Waals surface area contributed by atoms with Crippen molar-refractivity contribution >= 4 is 0 Å². The van der Waals surface area contributed by atoms with Crippen LogP contribution in [-0.2, 0) is 0 Å². The predicted molar refractivity (Wildman–Crippen MR) is 75.3 cm³/mol. The summed E-state index contributed by atoms with van der Waals surface area (Å²) < 4.78 is 0. The van der Waals surface area contributed by atoms with Gasteiger partial charge in [-0.1, -0.05) is 34.6 Å². The second-order valence-corrected chi connectivity index (χ2v) is 6.51. The van der Waals surface area contributed by atoms with Crippen LogP contribution in [0.1, 0.15) is 48.0 Å². The topological polar surface area (TPSA) is 35.5 Å². The molecule has 2 N–H and O–H groups in total. The third-order valence-corrected chi connectivity index (χ3v) is 3.53. The van der Waals surface area contributed by atoms with Gasteiger partial charge in [0.2, 0.25) is 0 Å². The van der Waals surface area contributed by atoms with Crippen LogP contribution in [0.15, 0.2) is 0 Å². The fraction of sp³-hybridized carbons (Fsp3) is 1.00. The molecule has 0 bridgehead atoms. The highest BCUT2D eigenvalue weighted by Gasteiger charge is 2.24. The molecule has 0 saturated heterocycles. The Hall–Kier alpha value is -0.120. The number of rotatable bonds is 7. The number of nitrogens with zero attached hydrogens (tertiary/aromatic N) is 1. The van der Waals surface area contributed by atoms with Crippen molar-refractivity contribution in [1.82, 2.24) is 10.2 Å². The molecule has 0 spiro atoms. The van der Waals surface area contributed by atoms with Gasteiger partial charge in [0.15, 0.2) is 0 Å². The molecule has 2 unspecified atom stereocenters. The highest BCUT2D eigenvalue weighted by molar-refractivity contribution is 4.79. The summed E-state index contributed by atoms with van der Waals surface area (Å²) in [6, 6.07) is 1.18. The molecule has 0 radical (unpaired) electrons. The van der Waals surface area contributed by atoms with Gasteiger partial charge in [-0.25, -0.2) is 0 Å². The lowest BCUT2D eigenvalue weighted by Crippen LogP contribution is -2.44. The molecule has 17 heavy (non-hydrogen) atoms. The molecule has 0 aliphatic heterocycles. The predicted octanol–water partition coefficient (Wildman–Crippen LogP) is 2.10. The first-order valence-electron chi connectivity index (χ1n) is 6.75. The molecule has 0 aromatic heterocycles. The molecule has 0 aromatic carbocycles. The van der Waals surface area contributed by atoms with Crippen LogP contribution in [0.2, 0.25) is 0 Å². The van der Waals surface area contributed by atoms with E-state index >= 15 is 0 Å². The fourth-order valence-electron chi connectivity index (χ4n) is 1.91. The van der Waals surface area contributed by atoms with Crippen molar-refractivity contribution < 1.29 is 5.11 Å². The molecule has 0 heterocycles. The second-order valence-electron chi connectivity index (χ2n) is 6.51. The van der Waals surface area contributed by atoms with Gasteiger partial charge in [0.25, 0.3) is 0 Å². The van der Waals surface area contributed by atoms with Crippen molar-refractivity contribution in [2.24, 2.45) is 5.41 Å². The monoisotopic (exact) mass is 244 g/mol. The largest absolute Gasteiger partial charge is 0.395 e. The van der Waals surface area contributed by atoms with E-state index in [1.165, 1.54) is 0 Å². The van der Waals surface area contributed by atoms with Gasteiger partial charge < -0.3 is 15.3 Å². The number of hydrogen-bond donors (Lipinski definition) is 2. The Labute approximate surface area is 108 Å². The van der Waals surface area contributed by atoms with Gasteiger partial charge in [0, 0.05) is 18.1 Å². The molecule has 0 fully saturated rings. The molecule has 3 nitrogen and oxygen atoms in total. The van der Waals surface area contributed by atoms with Gasteiger partial charge in [0.1, 0.15) is 0 Å². The zero-order chi connectivity index (χ0) is 13.6. The van der Waals surface area contributed by atoms with E-state index in [2.05, 4.69) is 58.8 Å². The lowest BCUT2D eigenvalue weighted by atomic mass is 9.87. The van der Waals surface area contributed by atoms with Crippen LogP contribution in [0, 0.1) is 5.41 Å². The first-order valence-corrected chi connectivity index (χ1v) is 6.75. The fourth-order valence-corrected chi connectivity index (χ4v) is 1.91. The van der Waals surface area contributed by atoms with Crippen LogP contribution in [0.5, 0.6) is 0 Å². The Morgan fingerprint density at radius 1 is 1.18 bits per heavy atom. The van der Waals surface area contributed by atoms with Crippen molar-refractivity contribution in [3.05, 3.63) is 0 Å². The quantitative estimate of drug-likeness (QED) is 0.720. The summed E-state index contributed by atoms with van der Waals surface area (Å²) in [6.07, 6.45) is 0.992. The molecular weight excluding hydrogens is 212 g/mol. The van der Waals surface area contributed by atoms with Crippen LogP contribution in [0.4, 0.5) is 0 Å². The number of nitrogens with one attached hydrogen (secondary N) is 1. The van der Waals surface area contributed by atoms with E-state index in [1.807, 2.05) is 0 Å². The minimum atomic E-state index is 0.213. The lowest BCUT2D eigenvalue weighted by Gasteiger charge is -2.36. The average molecular weight is 244 g/mol. The van der Waals surface area contributed by atoms with Crippen molar-refractivity contribution in [3.8, 4) is 0 Å². The summed E-state index contributed by atoms with van der Waals surface area (Å²) in [4.78, 5) is 2.38. The smallest absolute Gasteiger partial charge is 0.0585 e. The number of hydrogen-bond acceptors (Lipinski definition) is 3. The number of aliphatic hydroxyl groups is 1. The van der Waals surface area contributed by atoms with Crippen LogP contribution < -0.4 is 5.32 Å². The van der Waals surface area contributed by atoms with E-state index in [4.69, 9.17) is 0 Å². The molecule has 0 rings (SSSR count). The molecule has 2 atom stereocenters. The van der Waals surface area contributed by atoms with Crippen LogP contribution in [0.25, 0.3) is 0 Å². The number of aliphatic hydroxyl groups excluding tert-OH is 1. The Morgan fingerprint density at radius 3 is 2.06 bits per heavy atom. The van der Waals surface area contributed by atoms with E-state index in [9.17, 15) is 5.11 Å².